The highest BCUT2D eigenvalue weighted by molar-refractivity contribution is 7.84. The van der Waals surface area contributed by atoms with Crippen molar-refractivity contribution < 1.29 is 4.21 Å². The number of nitrogens with zero attached hydrogens (tertiary/aromatic N) is 2. The van der Waals surface area contributed by atoms with E-state index >= 15 is 0 Å². The lowest BCUT2D eigenvalue weighted by atomic mass is 10.3. The molecular weight excluding hydrogens is 298 g/mol. The van der Waals surface area contributed by atoms with Gasteiger partial charge in [0, 0.05) is 35.4 Å². The molecule has 20 heavy (non-hydrogen) atoms. The first-order chi connectivity index (χ1) is 9.49. The monoisotopic (exact) mass is 317 g/mol. The molecule has 5 nitrogen and oxygen atoms in total. The van der Waals surface area contributed by atoms with Crippen molar-refractivity contribution in [2.24, 2.45) is 5.92 Å². The molecule has 0 aromatic carbocycles. The molecule has 0 spiro atoms. The molecule has 1 saturated carbocycles. The van der Waals surface area contributed by atoms with Gasteiger partial charge in [0.25, 0.3) is 5.56 Å². The van der Waals surface area contributed by atoms with Crippen molar-refractivity contribution in [1.82, 2.24) is 9.78 Å². The zero-order valence-corrected chi connectivity index (χ0v) is 13.3. The third kappa shape index (κ3) is 4.06. The summed E-state index contributed by atoms with van der Waals surface area (Å²) in [6.45, 7) is 3.17. The molecule has 2 unspecified atom stereocenters. The van der Waals surface area contributed by atoms with Crippen LogP contribution in [-0.2, 0) is 17.3 Å². The number of rotatable bonds is 7. The molecule has 0 aliphatic heterocycles. The molecule has 112 valence electrons. The molecule has 2 atom stereocenters. The SMILES string of the molecule is CC(CCNc1c(Cl)cnn(CC2CC2)c1=O)S(C)=O. The van der Waals surface area contributed by atoms with E-state index in [0.717, 1.165) is 6.42 Å². The van der Waals surface area contributed by atoms with Crippen molar-refractivity contribution in [2.75, 3.05) is 18.1 Å². The molecule has 1 N–H and O–H groups in total. The van der Waals surface area contributed by atoms with E-state index in [2.05, 4.69) is 10.4 Å². The van der Waals surface area contributed by atoms with Gasteiger partial charge in [0.1, 0.15) is 5.69 Å². The Hall–Kier alpha value is -0.880. The molecule has 1 fully saturated rings. The fourth-order valence-corrected chi connectivity index (χ4v) is 2.51. The molecule has 0 amide bonds. The van der Waals surface area contributed by atoms with E-state index in [1.807, 2.05) is 6.92 Å². The number of halogens is 1. The highest BCUT2D eigenvalue weighted by Crippen LogP contribution is 2.30. The number of anilines is 1. The summed E-state index contributed by atoms with van der Waals surface area (Å²) < 4.78 is 12.8. The molecular formula is C13H20ClN3O2S. The third-order valence-electron chi connectivity index (χ3n) is 3.54. The lowest BCUT2D eigenvalue weighted by Crippen LogP contribution is -2.27. The highest BCUT2D eigenvalue weighted by atomic mass is 35.5. The van der Waals surface area contributed by atoms with Gasteiger partial charge in [-0.3, -0.25) is 9.00 Å². The van der Waals surface area contributed by atoms with Crippen molar-refractivity contribution in [2.45, 2.75) is 38.0 Å². The van der Waals surface area contributed by atoms with E-state index in [9.17, 15) is 9.00 Å². The maximum Gasteiger partial charge on any atom is 0.291 e. The fourth-order valence-electron chi connectivity index (χ4n) is 1.87. The minimum absolute atomic E-state index is 0.0943. The first-order valence-corrected chi connectivity index (χ1v) is 8.80. The Morgan fingerprint density at radius 2 is 2.30 bits per heavy atom. The minimum atomic E-state index is -0.851. The van der Waals surface area contributed by atoms with Crippen LogP contribution in [0.25, 0.3) is 0 Å². The summed E-state index contributed by atoms with van der Waals surface area (Å²) in [5.74, 6) is 0.580. The van der Waals surface area contributed by atoms with Crippen molar-refractivity contribution >= 4 is 28.1 Å². The van der Waals surface area contributed by atoms with Crippen LogP contribution in [0.4, 0.5) is 5.69 Å². The van der Waals surface area contributed by atoms with E-state index in [1.165, 1.54) is 23.7 Å². The first-order valence-electron chi connectivity index (χ1n) is 6.80. The molecule has 0 radical (unpaired) electrons. The van der Waals surface area contributed by atoms with Crippen LogP contribution in [0.15, 0.2) is 11.0 Å². The summed E-state index contributed by atoms with van der Waals surface area (Å²) in [6, 6.07) is 0. The van der Waals surface area contributed by atoms with E-state index in [4.69, 9.17) is 11.6 Å². The average molecular weight is 318 g/mol. The predicted octanol–water partition coefficient (Wildman–Crippen LogP) is 1.88. The molecule has 1 aliphatic carbocycles. The van der Waals surface area contributed by atoms with E-state index in [0.29, 0.717) is 29.7 Å². The molecule has 1 aromatic heterocycles. The molecule has 0 bridgehead atoms. The van der Waals surface area contributed by atoms with Crippen LogP contribution >= 0.6 is 11.6 Å². The van der Waals surface area contributed by atoms with Gasteiger partial charge in [-0.05, 0) is 25.2 Å². The summed E-state index contributed by atoms with van der Waals surface area (Å²) >= 11 is 6.03. The maximum atomic E-state index is 12.3. The zero-order chi connectivity index (χ0) is 14.7. The largest absolute Gasteiger partial charge is 0.379 e. The van der Waals surface area contributed by atoms with Gasteiger partial charge in [-0.1, -0.05) is 18.5 Å². The second kappa shape index (κ2) is 6.72. The van der Waals surface area contributed by atoms with E-state index in [-0.39, 0.29) is 10.8 Å². The second-order valence-electron chi connectivity index (χ2n) is 5.32. The van der Waals surface area contributed by atoms with Gasteiger partial charge in [0.15, 0.2) is 0 Å². The van der Waals surface area contributed by atoms with Crippen LogP contribution < -0.4 is 10.9 Å². The highest BCUT2D eigenvalue weighted by Gasteiger charge is 2.23. The van der Waals surface area contributed by atoms with Crippen LogP contribution in [0, 0.1) is 5.92 Å². The topological polar surface area (TPSA) is 64.0 Å². The summed E-state index contributed by atoms with van der Waals surface area (Å²) in [4.78, 5) is 12.3. The Morgan fingerprint density at radius 3 is 2.90 bits per heavy atom. The zero-order valence-electron chi connectivity index (χ0n) is 11.8. The number of hydrogen-bond donors (Lipinski definition) is 1. The molecule has 2 rings (SSSR count). The number of nitrogens with one attached hydrogen (secondary N) is 1. The summed E-state index contributed by atoms with van der Waals surface area (Å²) in [5, 5.41) is 7.57. The number of aromatic nitrogens is 2. The van der Waals surface area contributed by atoms with Gasteiger partial charge in [0.05, 0.1) is 11.2 Å². The summed E-state index contributed by atoms with van der Waals surface area (Å²) in [5.41, 5.74) is 0.228. The maximum absolute atomic E-state index is 12.3. The Bertz CT molecular complexity index is 557. The van der Waals surface area contributed by atoms with Crippen molar-refractivity contribution in [3.05, 3.63) is 21.6 Å². The van der Waals surface area contributed by atoms with Gasteiger partial charge >= 0.3 is 0 Å². The van der Waals surface area contributed by atoms with Gasteiger partial charge in [0.2, 0.25) is 0 Å². The molecule has 1 aliphatic rings. The van der Waals surface area contributed by atoms with Crippen LogP contribution in [0.3, 0.4) is 0 Å². The molecule has 0 saturated heterocycles. The minimum Gasteiger partial charge on any atom is -0.379 e. The normalized spacial score (nSPS) is 17.8. The Labute approximate surface area is 126 Å². The molecule has 7 heteroatoms. The Balaban J connectivity index is 2.02. The summed E-state index contributed by atoms with van der Waals surface area (Å²) in [7, 11) is -0.851. The van der Waals surface area contributed by atoms with Gasteiger partial charge < -0.3 is 5.32 Å². The van der Waals surface area contributed by atoms with Gasteiger partial charge in [-0.15, -0.1) is 0 Å². The van der Waals surface area contributed by atoms with Gasteiger partial charge in [-0.25, -0.2) is 4.68 Å². The van der Waals surface area contributed by atoms with Crippen molar-refractivity contribution in [1.29, 1.82) is 0 Å². The van der Waals surface area contributed by atoms with Crippen molar-refractivity contribution in [3.8, 4) is 0 Å². The third-order valence-corrected chi connectivity index (χ3v) is 5.20. The number of hydrogen-bond acceptors (Lipinski definition) is 4. The van der Waals surface area contributed by atoms with E-state index < -0.39 is 10.8 Å². The quantitative estimate of drug-likeness (QED) is 0.834. The predicted molar refractivity (Wildman–Crippen MR) is 82.9 cm³/mol. The van der Waals surface area contributed by atoms with Crippen LogP contribution in [0.1, 0.15) is 26.2 Å². The smallest absolute Gasteiger partial charge is 0.291 e. The fraction of sp³-hybridized carbons (Fsp3) is 0.692. The van der Waals surface area contributed by atoms with Crippen LogP contribution in [-0.4, -0.2) is 32.0 Å². The lowest BCUT2D eigenvalue weighted by Gasteiger charge is -2.12. The molecule has 1 heterocycles. The molecule has 1 aromatic rings. The Morgan fingerprint density at radius 1 is 1.60 bits per heavy atom. The standard InChI is InChI=1S/C13H20ClN3O2S/c1-9(20(2)19)5-6-15-12-11(14)7-16-17(13(12)18)8-10-3-4-10/h7,9-10,15H,3-6,8H2,1-2H3. The summed E-state index contributed by atoms with van der Waals surface area (Å²) in [6.07, 6.45) is 6.25. The lowest BCUT2D eigenvalue weighted by molar-refractivity contribution is 0.534. The van der Waals surface area contributed by atoms with Crippen LogP contribution in [0.2, 0.25) is 5.02 Å². The second-order valence-corrected chi connectivity index (χ2v) is 7.53. The average Bonchev–Trinajstić information content (AvgIpc) is 3.20. The van der Waals surface area contributed by atoms with E-state index in [1.54, 1.807) is 6.26 Å². The first kappa shape index (κ1) is 15.5. The van der Waals surface area contributed by atoms with Crippen LogP contribution in [0.5, 0.6) is 0 Å². The Kier molecular flexibility index (Phi) is 5.21. The van der Waals surface area contributed by atoms with Crippen molar-refractivity contribution in [3.63, 3.8) is 0 Å². The van der Waals surface area contributed by atoms with Gasteiger partial charge in [-0.2, -0.15) is 5.10 Å².